The lowest BCUT2D eigenvalue weighted by Crippen LogP contribution is -2.06. The van der Waals surface area contributed by atoms with Gasteiger partial charge in [0.05, 0.1) is 6.61 Å². The number of hydrogen-bond donors (Lipinski definition) is 2. The van der Waals surface area contributed by atoms with Crippen molar-refractivity contribution in [3.63, 3.8) is 0 Å². The van der Waals surface area contributed by atoms with Gasteiger partial charge in [0, 0.05) is 5.69 Å². The second-order valence-electron chi connectivity index (χ2n) is 4.47. The highest BCUT2D eigenvalue weighted by Crippen LogP contribution is 2.26. The number of carboxylic acids is 1. The summed E-state index contributed by atoms with van der Waals surface area (Å²) in [5.41, 5.74) is 2.10. The Bertz CT molecular complexity index is 635. The number of aryl methyl sites for hydroxylation is 2. The van der Waals surface area contributed by atoms with Crippen molar-refractivity contribution in [1.82, 2.24) is 4.98 Å². The lowest BCUT2D eigenvalue weighted by molar-refractivity contribution is 0.0692. The smallest absolute Gasteiger partial charge is 0.341 e. The third-order valence-corrected chi connectivity index (χ3v) is 2.85. The average molecular weight is 273 g/mol. The Morgan fingerprint density at radius 3 is 2.45 bits per heavy atom. The van der Waals surface area contributed by atoms with Crippen molar-refractivity contribution in [2.24, 2.45) is 0 Å². The van der Waals surface area contributed by atoms with Crippen LogP contribution in [-0.2, 0) is 6.61 Å². The van der Waals surface area contributed by atoms with Gasteiger partial charge in [-0.05, 0) is 43.2 Å². The number of nitrogens with zero attached hydrogens (tertiary/aromatic N) is 1. The molecule has 0 atom stereocenters. The molecule has 0 saturated heterocycles. The van der Waals surface area contributed by atoms with Crippen LogP contribution in [0.25, 0.3) is 0 Å². The predicted molar refractivity (Wildman–Crippen MR) is 73.1 cm³/mol. The van der Waals surface area contributed by atoms with Gasteiger partial charge in [-0.2, -0.15) is 0 Å². The summed E-state index contributed by atoms with van der Waals surface area (Å²) in [6.07, 6.45) is 0. The molecule has 0 aliphatic carbocycles. The molecule has 0 aliphatic heterocycles. The molecule has 0 radical (unpaired) electrons. The highest BCUT2D eigenvalue weighted by Gasteiger charge is 2.17. The molecule has 0 spiro atoms. The van der Waals surface area contributed by atoms with Gasteiger partial charge in [-0.15, -0.1) is 0 Å². The minimum atomic E-state index is -1.07. The fourth-order valence-corrected chi connectivity index (χ4v) is 1.91. The molecule has 5 heteroatoms. The average Bonchev–Trinajstić information content (AvgIpc) is 2.38. The highest BCUT2D eigenvalue weighted by atomic mass is 16.5. The number of benzene rings is 1. The van der Waals surface area contributed by atoms with Gasteiger partial charge >= 0.3 is 5.97 Å². The molecule has 0 saturated carbocycles. The molecule has 20 heavy (non-hydrogen) atoms. The molecule has 2 aromatic rings. The van der Waals surface area contributed by atoms with Crippen LogP contribution in [0.2, 0.25) is 0 Å². The maximum absolute atomic E-state index is 11.3. The lowest BCUT2D eigenvalue weighted by Gasteiger charge is -2.11. The highest BCUT2D eigenvalue weighted by molar-refractivity contribution is 5.92. The van der Waals surface area contributed by atoms with Crippen molar-refractivity contribution in [3.05, 3.63) is 52.7 Å². The Balaban J connectivity index is 2.39. The third-order valence-electron chi connectivity index (χ3n) is 2.85. The van der Waals surface area contributed by atoms with Gasteiger partial charge in [0.1, 0.15) is 11.3 Å². The Labute approximate surface area is 116 Å². The molecule has 1 aromatic heterocycles. The molecule has 2 rings (SSSR count). The van der Waals surface area contributed by atoms with Crippen LogP contribution in [0.1, 0.15) is 27.2 Å². The minimum Gasteiger partial charge on any atom is -0.477 e. The normalized spacial score (nSPS) is 10.3. The summed E-state index contributed by atoms with van der Waals surface area (Å²) < 4.78 is 5.56. The number of carboxylic acid groups (broad SMARTS) is 1. The van der Waals surface area contributed by atoms with Crippen LogP contribution in [0.5, 0.6) is 11.6 Å². The maximum Gasteiger partial charge on any atom is 0.341 e. The molecule has 0 aliphatic rings. The van der Waals surface area contributed by atoms with E-state index in [2.05, 4.69) is 4.98 Å². The molecule has 2 N–H and O–H groups in total. The van der Waals surface area contributed by atoms with Gasteiger partial charge in [0.2, 0.25) is 5.88 Å². The number of pyridine rings is 1. The van der Waals surface area contributed by atoms with E-state index in [-0.39, 0.29) is 18.1 Å². The topological polar surface area (TPSA) is 79.7 Å². The quantitative estimate of drug-likeness (QED) is 0.895. The summed E-state index contributed by atoms with van der Waals surface area (Å²) in [6, 6.07) is 8.44. The molecule has 1 heterocycles. The molecule has 0 unspecified atom stereocenters. The molecular weight excluding hydrogens is 258 g/mol. The van der Waals surface area contributed by atoms with E-state index in [0.29, 0.717) is 17.0 Å². The zero-order valence-corrected chi connectivity index (χ0v) is 11.3. The predicted octanol–water partition coefficient (Wildman–Crippen LogP) is 2.68. The van der Waals surface area contributed by atoms with Crippen LogP contribution in [-0.4, -0.2) is 21.2 Å². The van der Waals surface area contributed by atoms with Gasteiger partial charge in [0.25, 0.3) is 0 Å². The number of aliphatic hydroxyl groups is 1. The summed E-state index contributed by atoms with van der Waals surface area (Å²) in [7, 11) is 0. The Kier molecular flexibility index (Phi) is 4.00. The van der Waals surface area contributed by atoms with Crippen LogP contribution >= 0.6 is 0 Å². The molecule has 5 nitrogen and oxygen atoms in total. The number of hydrogen-bond acceptors (Lipinski definition) is 4. The third kappa shape index (κ3) is 2.95. The van der Waals surface area contributed by atoms with E-state index >= 15 is 0 Å². The van der Waals surface area contributed by atoms with E-state index < -0.39 is 5.97 Å². The van der Waals surface area contributed by atoms with E-state index in [4.69, 9.17) is 9.84 Å². The van der Waals surface area contributed by atoms with Crippen molar-refractivity contribution in [3.8, 4) is 11.6 Å². The molecule has 1 aromatic carbocycles. The zero-order chi connectivity index (χ0) is 14.7. The Morgan fingerprint density at radius 1 is 1.25 bits per heavy atom. The number of rotatable bonds is 4. The first-order valence-corrected chi connectivity index (χ1v) is 6.10. The minimum absolute atomic E-state index is 0.0531. The van der Waals surface area contributed by atoms with Crippen LogP contribution in [0.4, 0.5) is 0 Å². The van der Waals surface area contributed by atoms with E-state index in [0.717, 1.165) is 5.56 Å². The first kappa shape index (κ1) is 14.0. The molecular formula is C15H15NO4. The molecule has 104 valence electrons. The number of aliphatic hydroxyl groups excluding tert-OH is 1. The second-order valence-corrected chi connectivity index (χ2v) is 4.47. The SMILES string of the molecule is Cc1cc(C)c(C(=O)O)c(Oc2ccc(CO)cc2)n1. The number of ether oxygens (including phenoxy) is 1. The lowest BCUT2D eigenvalue weighted by atomic mass is 10.1. The van der Waals surface area contributed by atoms with Crippen LogP contribution in [0.15, 0.2) is 30.3 Å². The van der Waals surface area contributed by atoms with Crippen molar-refractivity contribution >= 4 is 5.97 Å². The van der Waals surface area contributed by atoms with Crippen LogP contribution in [0.3, 0.4) is 0 Å². The van der Waals surface area contributed by atoms with Crippen molar-refractivity contribution in [2.45, 2.75) is 20.5 Å². The zero-order valence-electron chi connectivity index (χ0n) is 11.3. The molecule has 0 bridgehead atoms. The number of aromatic nitrogens is 1. The van der Waals surface area contributed by atoms with E-state index in [9.17, 15) is 9.90 Å². The van der Waals surface area contributed by atoms with E-state index in [1.54, 1.807) is 44.2 Å². The number of carbonyl (C=O) groups is 1. The van der Waals surface area contributed by atoms with Crippen LogP contribution < -0.4 is 4.74 Å². The monoisotopic (exact) mass is 273 g/mol. The maximum atomic E-state index is 11.3. The van der Waals surface area contributed by atoms with Crippen molar-refractivity contribution in [1.29, 1.82) is 0 Å². The van der Waals surface area contributed by atoms with Gasteiger partial charge < -0.3 is 14.9 Å². The fraction of sp³-hybridized carbons (Fsp3) is 0.200. The Morgan fingerprint density at radius 2 is 1.90 bits per heavy atom. The first-order chi connectivity index (χ1) is 9.51. The summed E-state index contributed by atoms with van der Waals surface area (Å²) >= 11 is 0. The standard InChI is InChI=1S/C15H15NO4/c1-9-7-10(2)16-14(13(9)15(18)19)20-12-5-3-11(8-17)4-6-12/h3-7,17H,8H2,1-2H3,(H,18,19). The van der Waals surface area contributed by atoms with E-state index in [1.807, 2.05) is 0 Å². The Hall–Kier alpha value is -2.40. The van der Waals surface area contributed by atoms with Crippen LogP contribution in [0, 0.1) is 13.8 Å². The number of aromatic carboxylic acids is 1. The first-order valence-electron chi connectivity index (χ1n) is 6.10. The second kappa shape index (κ2) is 5.71. The van der Waals surface area contributed by atoms with Gasteiger partial charge in [0.15, 0.2) is 0 Å². The van der Waals surface area contributed by atoms with Crippen molar-refractivity contribution in [2.75, 3.05) is 0 Å². The summed E-state index contributed by atoms with van der Waals surface area (Å²) in [5, 5.41) is 18.2. The van der Waals surface area contributed by atoms with Gasteiger partial charge in [-0.25, -0.2) is 9.78 Å². The molecule has 0 fully saturated rings. The largest absolute Gasteiger partial charge is 0.477 e. The van der Waals surface area contributed by atoms with Gasteiger partial charge in [-0.3, -0.25) is 0 Å². The van der Waals surface area contributed by atoms with Crippen molar-refractivity contribution < 1.29 is 19.7 Å². The summed E-state index contributed by atoms with van der Waals surface area (Å²) in [4.78, 5) is 15.4. The fourth-order valence-electron chi connectivity index (χ4n) is 1.91. The summed E-state index contributed by atoms with van der Waals surface area (Å²) in [5.74, 6) is -0.522. The summed E-state index contributed by atoms with van der Waals surface area (Å²) in [6.45, 7) is 3.43. The molecule has 0 amide bonds. The van der Waals surface area contributed by atoms with E-state index in [1.165, 1.54) is 0 Å². The van der Waals surface area contributed by atoms with Gasteiger partial charge in [-0.1, -0.05) is 12.1 Å².